The Morgan fingerprint density at radius 2 is 1.91 bits per heavy atom. The normalized spacial score (nSPS) is 12.2. The predicted molar refractivity (Wildman–Crippen MR) is 68.7 cm³/mol. The van der Waals surface area contributed by atoms with Crippen molar-refractivity contribution >= 4 is 27.0 Å². The summed E-state index contributed by atoms with van der Waals surface area (Å²) in [7, 11) is -4.60. The summed E-state index contributed by atoms with van der Waals surface area (Å²) < 4.78 is 67.2. The van der Waals surface area contributed by atoms with Crippen molar-refractivity contribution in [2.75, 3.05) is 7.11 Å². The van der Waals surface area contributed by atoms with E-state index in [4.69, 9.17) is 0 Å². The molecule has 0 N–H and O–H groups in total. The van der Waals surface area contributed by atoms with E-state index >= 15 is 0 Å². The number of halogens is 3. The zero-order valence-electron chi connectivity index (χ0n) is 10.9. The molecule has 0 aliphatic rings. The van der Waals surface area contributed by atoms with Gasteiger partial charge in [-0.25, -0.2) is 4.79 Å². The summed E-state index contributed by atoms with van der Waals surface area (Å²) in [6.07, 6.45) is 1.23. The van der Waals surface area contributed by atoms with Crippen molar-refractivity contribution in [1.29, 1.82) is 0 Å². The van der Waals surface area contributed by atoms with E-state index in [0.29, 0.717) is 0 Å². The Kier molecular flexibility index (Phi) is 3.96. The molecular formula is C12H8F3NO5S. The average Bonchev–Trinajstić information content (AvgIpc) is 2.44. The van der Waals surface area contributed by atoms with Crippen molar-refractivity contribution in [2.45, 2.75) is 5.51 Å². The van der Waals surface area contributed by atoms with Gasteiger partial charge >= 0.3 is 21.6 Å². The van der Waals surface area contributed by atoms with Gasteiger partial charge in [0.05, 0.1) is 18.2 Å². The van der Waals surface area contributed by atoms with Crippen LogP contribution in [0.2, 0.25) is 0 Å². The van der Waals surface area contributed by atoms with Gasteiger partial charge in [-0.05, 0) is 18.2 Å². The van der Waals surface area contributed by atoms with E-state index in [2.05, 4.69) is 13.9 Å². The second kappa shape index (κ2) is 5.44. The molecule has 0 amide bonds. The summed E-state index contributed by atoms with van der Waals surface area (Å²) in [5.74, 6) is -1.23. The zero-order valence-corrected chi connectivity index (χ0v) is 11.7. The molecule has 10 heteroatoms. The molecule has 22 heavy (non-hydrogen) atoms. The molecule has 0 unspecified atom stereocenters. The Labute approximate surface area is 122 Å². The highest BCUT2D eigenvalue weighted by Gasteiger charge is 2.48. The third kappa shape index (κ3) is 2.96. The van der Waals surface area contributed by atoms with Crippen LogP contribution in [0.15, 0.2) is 30.5 Å². The largest absolute Gasteiger partial charge is 0.534 e. The Morgan fingerprint density at radius 3 is 2.50 bits per heavy atom. The second-order valence-electron chi connectivity index (χ2n) is 4.01. The molecule has 2 rings (SSSR count). The number of hydrogen-bond donors (Lipinski definition) is 0. The standard InChI is InChI=1S/C12H8F3NO5S/c1-20-11(17)9-4-5-16-10-6-7(2-3-8(9)10)21-22(18,19)12(13,14)15/h2-6H,1H3. The van der Waals surface area contributed by atoms with Crippen LogP contribution in [0.3, 0.4) is 0 Å². The van der Waals surface area contributed by atoms with E-state index < -0.39 is 27.3 Å². The number of benzene rings is 1. The van der Waals surface area contributed by atoms with Gasteiger partial charge in [0.15, 0.2) is 0 Å². The number of hydrogen-bond acceptors (Lipinski definition) is 6. The number of carbonyl (C=O) groups excluding carboxylic acids is 1. The molecule has 0 saturated heterocycles. The number of esters is 1. The lowest BCUT2D eigenvalue weighted by atomic mass is 10.1. The number of pyridine rings is 1. The van der Waals surface area contributed by atoms with E-state index in [1.807, 2.05) is 0 Å². The maximum Gasteiger partial charge on any atom is 0.534 e. The van der Waals surface area contributed by atoms with Gasteiger partial charge in [0.1, 0.15) is 5.75 Å². The van der Waals surface area contributed by atoms with Crippen molar-refractivity contribution in [2.24, 2.45) is 0 Å². The molecule has 0 spiro atoms. The number of fused-ring (bicyclic) bond motifs is 1. The van der Waals surface area contributed by atoms with Crippen LogP contribution in [-0.4, -0.2) is 32.0 Å². The molecule has 118 valence electrons. The lowest BCUT2D eigenvalue weighted by Gasteiger charge is -2.10. The Balaban J connectivity index is 2.47. The molecule has 1 aromatic carbocycles. The molecule has 0 saturated carbocycles. The molecule has 0 radical (unpaired) electrons. The lowest BCUT2D eigenvalue weighted by Crippen LogP contribution is -2.28. The highest BCUT2D eigenvalue weighted by molar-refractivity contribution is 7.88. The molecule has 1 heterocycles. The van der Waals surface area contributed by atoms with Gasteiger partial charge in [0.25, 0.3) is 0 Å². The fourth-order valence-corrected chi connectivity index (χ4v) is 2.09. The molecule has 0 aliphatic heterocycles. The minimum atomic E-state index is -5.77. The van der Waals surface area contributed by atoms with Crippen molar-refractivity contribution in [3.8, 4) is 5.75 Å². The fourth-order valence-electron chi connectivity index (χ4n) is 1.64. The van der Waals surface area contributed by atoms with Gasteiger partial charge < -0.3 is 8.92 Å². The van der Waals surface area contributed by atoms with Crippen LogP contribution in [0.1, 0.15) is 10.4 Å². The van der Waals surface area contributed by atoms with Gasteiger partial charge in [-0.2, -0.15) is 21.6 Å². The summed E-state index contributed by atoms with van der Waals surface area (Å²) in [6, 6.07) is 4.54. The van der Waals surface area contributed by atoms with E-state index in [1.54, 1.807) is 0 Å². The van der Waals surface area contributed by atoms with Crippen molar-refractivity contribution in [3.63, 3.8) is 0 Å². The summed E-state index contributed by atoms with van der Waals surface area (Å²) >= 11 is 0. The zero-order chi connectivity index (χ0) is 16.5. The third-order valence-corrected chi connectivity index (χ3v) is 3.59. The van der Waals surface area contributed by atoms with Crippen LogP contribution >= 0.6 is 0 Å². The smallest absolute Gasteiger partial charge is 0.465 e. The topological polar surface area (TPSA) is 82.6 Å². The van der Waals surface area contributed by atoms with Crippen LogP contribution < -0.4 is 4.18 Å². The number of carbonyl (C=O) groups is 1. The summed E-state index contributed by atoms with van der Waals surface area (Å²) in [4.78, 5) is 15.4. The molecule has 0 bridgehead atoms. The predicted octanol–water partition coefficient (Wildman–Crippen LogP) is 2.25. The maximum atomic E-state index is 12.3. The number of nitrogens with zero attached hydrogens (tertiary/aromatic N) is 1. The van der Waals surface area contributed by atoms with Crippen molar-refractivity contribution < 1.29 is 35.3 Å². The molecule has 6 nitrogen and oxygen atoms in total. The SMILES string of the molecule is COC(=O)c1ccnc2cc(OS(=O)(=O)C(F)(F)F)ccc12. The minimum Gasteiger partial charge on any atom is -0.465 e. The summed E-state index contributed by atoms with van der Waals surface area (Å²) in [5.41, 5.74) is -5.32. The van der Waals surface area contributed by atoms with Gasteiger partial charge in [0.2, 0.25) is 0 Å². The van der Waals surface area contributed by atoms with Crippen molar-refractivity contribution in [3.05, 3.63) is 36.0 Å². The van der Waals surface area contributed by atoms with Crippen LogP contribution in [-0.2, 0) is 14.9 Å². The van der Waals surface area contributed by atoms with Gasteiger partial charge in [0, 0.05) is 17.6 Å². The highest BCUT2D eigenvalue weighted by atomic mass is 32.2. The number of methoxy groups -OCH3 is 1. The first-order valence-corrected chi connectivity index (χ1v) is 7.04. The van der Waals surface area contributed by atoms with Gasteiger partial charge in [-0.3, -0.25) is 4.98 Å². The van der Waals surface area contributed by atoms with Crippen LogP contribution in [0, 0.1) is 0 Å². The molecule has 1 aromatic heterocycles. The summed E-state index contributed by atoms with van der Waals surface area (Å²) in [5, 5.41) is 0.283. The Morgan fingerprint density at radius 1 is 1.23 bits per heavy atom. The highest BCUT2D eigenvalue weighted by Crippen LogP contribution is 2.29. The number of alkyl halides is 3. The van der Waals surface area contributed by atoms with E-state index in [1.165, 1.54) is 25.4 Å². The lowest BCUT2D eigenvalue weighted by molar-refractivity contribution is -0.0500. The number of aromatic nitrogens is 1. The molecule has 0 fully saturated rings. The van der Waals surface area contributed by atoms with Gasteiger partial charge in [-0.1, -0.05) is 0 Å². The first-order valence-electron chi connectivity index (χ1n) is 5.63. The summed E-state index contributed by atoms with van der Waals surface area (Å²) in [6.45, 7) is 0. The minimum absolute atomic E-state index is 0.0813. The molecule has 2 aromatic rings. The first kappa shape index (κ1) is 16.0. The monoisotopic (exact) mass is 335 g/mol. The average molecular weight is 335 g/mol. The number of ether oxygens (including phenoxy) is 1. The Bertz CT molecular complexity index is 832. The van der Waals surface area contributed by atoms with Crippen molar-refractivity contribution in [1.82, 2.24) is 4.98 Å². The molecular weight excluding hydrogens is 327 g/mol. The maximum absolute atomic E-state index is 12.3. The third-order valence-electron chi connectivity index (χ3n) is 2.61. The fraction of sp³-hybridized carbons (Fsp3) is 0.167. The van der Waals surface area contributed by atoms with E-state index in [9.17, 15) is 26.4 Å². The van der Waals surface area contributed by atoms with E-state index in [-0.39, 0.29) is 16.5 Å². The quantitative estimate of drug-likeness (QED) is 0.486. The van der Waals surface area contributed by atoms with Crippen LogP contribution in [0.5, 0.6) is 5.75 Å². The first-order chi connectivity index (χ1) is 10.2. The molecule has 0 aliphatic carbocycles. The van der Waals surface area contributed by atoms with Crippen LogP contribution in [0.4, 0.5) is 13.2 Å². The molecule has 0 atom stereocenters. The van der Waals surface area contributed by atoms with E-state index in [0.717, 1.165) is 12.1 Å². The number of rotatable bonds is 3. The second-order valence-corrected chi connectivity index (χ2v) is 5.55. The Hall–Kier alpha value is -2.36. The van der Waals surface area contributed by atoms with Gasteiger partial charge in [-0.15, -0.1) is 0 Å². The van der Waals surface area contributed by atoms with Crippen LogP contribution in [0.25, 0.3) is 10.9 Å².